The fourth-order valence-electron chi connectivity index (χ4n) is 1.19. The summed E-state index contributed by atoms with van der Waals surface area (Å²) in [6.07, 6.45) is 0. The van der Waals surface area contributed by atoms with Gasteiger partial charge in [-0.05, 0) is 17.7 Å². The van der Waals surface area contributed by atoms with Crippen LogP contribution >= 0.6 is 46.4 Å². The number of aromatic amines is 1. The molecule has 16 heavy (non-hydrogen) atoms. The highest BCUT2D eigenvalue weighted by Gasteiger charge is 2.32. The van der Waals surface area contributed by atoms with Gasteiger partial charge in [-0.15, -0.1) is 0 Å². The average molecular weight is 306 g/mol. The minimum Gasteiger partial charge on any atom is -0.336 e. The Morgan fingerprint density at radius 3 is 2.38 bits per heavy atom. The minimum absolute atomic E-state index is 0.00702. The summed E-state index contributed by atoms with van der Waals surface area (Å²) in [7, 11) is 0. The summed E-state index contributed by atoms with van der Waals surface area (Å²) in [5.74, 6) is -0.704. The number of nitrogens with one attached hydrogen (secondary N) is 1. The summed E-state index contributed by atoms with van der Waals surface area (Å²) in [6, 6.07) is 1.35. The van der Waals surface area contributed by atoms with E-state index in [9.17, 15) is 8.78 Å². The van der Waals surface area contributed by atoms with Crippen LogP contribution in [0.25, 0.3) is 11.0 Å². The van der Waals surface area contributed by atoms with E-state index in [1.54, 1.807) is 0 Å². The van der Waals surface area contributed by atoms with Crippen LogP contribution in [0.1, 0.15) is 5.82 Å². The van der Waals surface area contributed by atoms with E-state index in [1.807, 2.05) is 0 Å². The van der Waals surface area contributed by atoms with E-state index in [0.29, 0.717) is 0 Å². The Hall–Kier alpha value is -0.290. The Labute approximate surface area is 108 Å². The predicted molar refractivity (Wildman–Crippen MR) is 60.9 cm³/mol. The molecule has 0 spiro atoms. The molecule has 0 amide bonds. The number of aromatic nitrogens is 2. The SMILES string of the molecule is FC(F)(Cl)c1nc2c(Cl)c(Cl)c(Cl)cc2[nH]1. The number of alkyl halides is 3. The standard InChI is InChI=1S/C8H2Cl4F2N2/c9-2-1-3-6(5(11)4(2)10)16-7(15-3)8(12,13)14/h1H,(H,15,16). The van der Waals surface area contributed by atoms with Crippen LogP contribution in [0.3, 0.4) is 0 Å². The highest BCUT2D eigenvalue weighted by Crippen LogP contribution is 2.38. The van der Waals surface area contributed by atoms with E-state index in [1.165, 1.54) is 6.07 Å². The first-order valence-electron chi connectivity index (χ1n) is 3.91. The third kappa shape index (κ3) is 1.95. The number of fused-ring (bicyclic) bond motifs is 1. The molecule has 2 nitrogen and oxygen atoms in total. The zero-order chi connectivity index (χ0) is 12.1. The topological polar surface area (TPSA) is 28.7 Å². The Bertz CT molecular complexity index is 561. The second kappa shape index (κ2) is 3.88. The molecule has 0 atom stereocenters. The maximum absolute atomic E-state index is 12.8. The van der Waals surface area contributed by atoms with Gasteiger partial charge in [0.05, 0.1) is 20.6 Å². The van der Waals surface area contributed by atoms with Crippen molar-refractivity contribution in [1.29, 1.82) is 0 Å². The third-order valence-corrected chi connectivity index (χ3v) is 3.31. The van der Waals surface area contributed by atoms with Crippen molar-refractivity contribution in [1.82, 2.24) is 9.97 Å². The highest BCUT2D eigenvalue weighted by molar-refractivity contribution is 6.50. The first-order chi connectivity index (χ1) is 7.30. The van der Waals surface area contributed by atoms with E-state index >= 15 is 0 Å². The van der Waals surface area contributed by atoms with E-state index in [4.69, 9.17) is 46.4 Å². The lowest BCUT2D eigenvalue weighted by Crippen LogP contribution is -2.05. The van der Waals surface area contributed by atoms with Gasteiger partial charge < -0.3 is 4.98 Å². The van der Waals surface area contributed by atoms with Crippen molar-refractivity contribution in [3.63, 3.8) is 0 Å². The average Bonchev–Trinajstić information content (AvgIpc) is 2.57. The second-order valence-electron chi connectivity index (χ2n) is 2.97. The van der Waals surface area contributed by atoms with Gasteiger partial charge in [-0.1, -0.05) is 34.8 Å². The van der Waals surface area contributed by atoms with Crippen molar-refractivity contribution >= 4 is 57.4 Å². The van der Waals surface area contributed by atoms with Crippen LogP contribution in [0.5, 0.6) is 0 Å². The smallest absolute Gasteiger partial charge is 0.336 e. The highest BCUT2D eigenvalue weighted by atomic mass is 35.5. The molecule has 1 aromatic heterocycles. The number of halogens is 6. The van der Waals surface area contributed by atoms with Crippen LogP contribution in [-0.2, 0) is 5.38 Å². The Morgan fingerprint density at radius 2 is 1.81 bits per heavy atom. The van der Waals surface area contributed by atoms with Crippen molar-refractivity contribution < 1.29 is 8.78 Å². The summed E-state index contributed by atoms with van der Waals surface area (Å²) in [6.45, 7) is 0. The van der Waals surface area contributed by atoms with Crippen molar-refractivity contribution in [2.45, 2.75) is 5.38 Å². The second-order valence-corrected chi connectivity index (χ2v) is 4.60. The number of imidazole rings is 1. The molecule has 0 aliphatic carbocycles. The molecule has 0 saturated carbocycles. The largest absolute Gasteiger partial charge is 0.379 e. The predicted octanol–water partition coefficient (Wildman–Crippen LogP) is 4.81. The number of hydrogen-bond acceptors (Lipinski definition) is 1. The number of rotatable bonds is 1. The maximum atomic E-state index is 12.8. The molecular weight excluding hydrogens is 304 g/mol. The van der Waals surface area contributed by atoms with Crippen LogP contribution in [0.4, 0.5) is 8.78 Å². The number of H-pyrrole nitrogens is 1. The van der Waals surface area contributed by atoms with Gasteiger partial charge in [-0.3, -0.25) is 0 Å². The van der Waals surface area contributed by atoms with E-state index in [-0.39, 0.29) is 26.1 Å². The summed E-state index contributed by atoms with van der Waals surface area (Å²) in [5.41, 5.74) is 0.348. The lowest BCUT2D eigenvalue weighted by Gasteiger charge is -2.00. The molecule has 1 N–H and O–H groups in total. The summed E-state index contributed by atoms with van der Waals surface area (Å²) in [5, 5.41) is -3.38. The molecule has 0 radical (unpaired) electrons. The number of benzene rings is 1. The van der Waals surface area contributed by atoms with Crippen LogP contribution in [-0.4, -0.2) is 9.97 Å². The lowest BCUT2D eigenvalue weighted by atomic mass is 10.3. The molecule has 0 saturated heterocycles. The first kappa shape index (κ1) is 12.2. The summed E-state index contributed by atoms with van der Waals surface area (Å²) < 4.78 is 25.6. The van der Waals surface area contributed by atoms with Crippen molar-refractivity contribution in [3.8, 4) is 0 Å². The molecule has 0 bridgehead atoms. The van der Waals surface area contributed by atoms with Crippen molar-refractivity contribution in [2.24, 2.45) is 0 Å². The maximum Gasteiger partial charge on any atom is 0.379 e. The summed E-state index contributed by atoms with van der Waals surface area (Å²) in [4.78, 5) is 5.90. The molecule has 2 aromatic rings. The van der Waals surface area contributed by atoms with Gasteiger partial charge in [0.1, 0.15) is 5.52 Å². The minimum atomic E-state index is -3.60. The van der Waals surface area contributed by atoms with Gasteiger partial charge in [0.15, 0.2) is 5.82 Å². The van der Waals surface area contributed by atoms with Crippen LogP contribution in [0.15, 0.2) is 6.07 Å². The van der Waals surface area contributed by atoms with Gasteiger partial charge in [-0.2, -0.15) is 8.78 Å². The van der Waals surface area contributed by atoms with Crippen molar-refractivity contribution in [3.05, 3.63) is 27.0 Å². The molecule has 1 aromatic carbocycles. The third-order valence-electron chi connectivity index (χ3n) is 1.88. The quantitative estimate of drug-likeness (QED) is 0.594. The van der Waals surface area contributed by atoms with Gasteiger partial charge in [0.25, 0.3) is 0 Å². The molecular formula is C8H2Cl4F2N2. The normalized spacial score (nSPS) is 12.4. The van der Waals surface area contributed by atoms with E-state index < -0.39 is 11.2 Å². The fraction of sp³-hybridized carbons (Fsp3) is 0.125. The first-order valence-corrected chi connectivity index (χ1v) is 5.42. The Balaban J connectivity index is 2.77. The zero-order valence-electron chi connectivity index (χ0n) is 7.29. The molecule has 0 unspecified atom stereocenters. The van der Waals surface area contributed by atoms with Crippen LogP contribution in [0, 0.1) is 0 Å². The molecule has 8 heteroatoms. The van der Waals surface area contributed by atoms with Gasteiger partial charge in [-0.25, -0.2) is 4.98 Å². The molecule has 1 heterocycles. The van der Waals surface area contributed by atoms with Crippen molar-refractivity contribution in [2.75, 3.05) is 0 Å². The summed E-state index contributed by atoms with van der Waals surface area (Å²) >= 11 is 22.1. The lowest BCUT2D eigenvalue weighted by molar-refractivity contribution is 0.0858. The molecule has 0 fully saturated rings. The number of nitrogens with zero attached hydrogens (tertiary/aromatic N) is 1. The van der Waals surface area contributed by atoms with Crippen LogP contribution in [0.2, 0.25) is 15.1 Å². The van der Waals surface area contributed by atoms with E-state index in [2.05, 4.69) is 9.97 Å². The number of hydrogen-bond donors (Lipinski definition) is 1. The molecule has 0 aliphatic heterocycles. The van der Waals surface area contributed by atoms with Gasteiger partial charge >= 0.3 is 5.38 Å². The van der Waals surface area contributed by atoms with E-state index in [0.717, 1.165) is 0 Å². The fourth-order valence-corrected chi connectivity index (χ4v) is 1.92. The Morgan fingerprint density at radius 1 is 1.19 bits per heavy atom. The monoisotopic (exact) mass is 304 g/mol. The zero-order valence-corrected chi connectivity index (χ0v) is 10.3. The molecule has 86 valence electrons. The molecule has 2 rings (SSSR count). The van der Waals surface area contributed by atoms with Gasteiger partial charge in [0.2, 0.25) is 0 Å². The Kier molecular flexibility index (Phi) is 2.95. The van der Waals surface area contributed by atoms with Crippen LogP contribution < -0.4 is 0 Å². The molecule has 0 aliphatic rings. The van der Waals surface area contributed by atoms with Gasteiger partial charge in [0, 0.05) is 0 Å².